The van der Waals surface area contributed by atoms with Gasteiger partial charge in [0.05, 0.1) is 24.9 Å². The summed E-state index contributed by atoms with van der Waals surface area (Å²) < 4.78 is 17.3. The highest BCUT2D eigenvalue weighted by atomic mass is 79.9. The third-order valence-corrected chi connectivity index (χ3v) is 6.82. The number of nitrogens with one attached hydrogen (secondary N) is 1. The van der Waals surface area contributed by atoms with Crippen LogP contribution < -0.4 is 24.4 Å². The molecule has 0 unspecified atom stereocenters. The second kappa shape index (κ2) is 11.3. The fraction of sp³-hybridized carbons (Fsp3) is 0.179. The first-order chi connectivity index (χ1) is 18.1. The van der Waals surface area contributed by atoms with Gasteiger partial charge in [-0.25, -0.2) is 9.69 Å². The number of hydrogen-bond donors (Lipinski definition) is 1. The second-order valence-corrected chi connectivity index (χ2v) is 9.83. The SMILES string of the molecule is COc1cc(N2C(=O)NC(=O)/C(=C\c3cc(Br)ccc3OCc3ccc(C)c(C)c3)C2=O)c(OC)cc1Cl. The average molecular weight is 600 g/mol. The van der Waals surface area contributed by atoms with E-state index >= 15 is 0 Å². The predicted molar refractivity (Wildman–Crippen MR) is 148 cm³/mol. The Morgan fingerprint density at radius 3 is 2.34 bits per heavy atom. The fourth-order valence-corrected chi connectivity index (χ4v) is 4.48. The molecule has 1 aliphatic rings. The Kier molecular flexibility index (Phi) is 8.08. The van der Waals surface area contributed by atoms with Gasteiger partial charge in [-0.2, -0.15) is 0 Å². The Morgan fingerprint density at radius 2 is 1.66 bits per heavy atom. The van der Waals surface area contributed by atoms with Crippen molar-refractivity contribution >= 4 is 57.1 Å². The van der Waals surface area contributed by atoms with Gasteiger partial charge in [-0.05, 0) is 54.8 Å². The zero-order chi connectivity index (χ0) is 27.6. The molecule has 1 heterocycles. The third-order valence-electron chi connectivity index (χ3n) is 6.03. The largest absolute Gasteiger partial charge is 0.495 e. The van der Waals surface area contributed by atoms with Gasteiger partial charge in [-0.15, -0.1) is 0 Å². The molecule has 4 amide bonds. The lowest BCUT2D eigenvalue weighted by atomic mass is 10.1. The van der Waals surface area contributed by atoms with E-state index in [4.69, 9.17) is 25.8 Å². The van der Waals surface area contributed by atoms with Gasteiger partial charge < -0.3 is 14.2 Å². The number of ether oxygens (including phenoxy) is 3. The van der Waals surface area contributed by atoms with Crippen molar-refractivity contribution < 1.29 is 28.6 Å². The number of urea groups is 1. The van der Waals surface area contributed by atoms with E-state index in [9.17, 15) is 14.4 Å². The number of carbonyl (C=O) groups excluding carboxylic acids is 3. The summed E-state index contributed by atoms with van der Waals surface area (Å²) in [4.78, 5) is 39.9. The molecule has 0 spiro atoms. The summed E-state index contributed by atoms with van der Waals surface area (Å²) in [5.74, 6) is -0.862. The number of imide groups is 2. The molecule has 0 bridgehead atoms. The van der Waals surface area contributed by atoms with Crippen molar-refractivity contribution in [3.8, 4) is 17.2 Å². The summed E-state index contributed by atoms with van der Waals surface area (Å²) in [5.41, 5.74) is 3.56. The van der Waals surface area contributed by atoms with Crippen molar-refractivity contribution in [2.24, 2.45) is 0 Å². The van der Waals surface area contributed by atoms with E-state index < -0.39 is 17.8 Å². The minimum atomic E-state index is -0.930. The van der Waals surface area contributed by atoms with Gasteiger partial charge in [0.1, 0.15) is 29.4 Å². The topological polar surface area (TPSA) is 94.2 Å². The van der Waals surface area contributed by atoms with Crippen LogP contribution in [0.3, 0.4) is 0 Å². The molecular weight excluding hydrogens is 576 g/mol. The molecule has 10 heteroatoms. The highest BCUT2D eigenvalue weighted by molar-refractivity contribution is 9.10. The molecule has 196 valence electrons. The Balaban J connectivity index is 1.72. The van der Waals surface area contributed by atoms with E-state index in [1.165, 1.54) is 38.0 Å². The maximum Gasteiger partial charge on any atom is 0.336 e. The Hall–Kier alpha value is -3.82. The number of benzene rings is 3. The van der Waals surface area contributed by atoms with Crippen LogP contribution in [0.5, 0.6) is 17.2 Å². The smallest absolute Gasteiger partial charge is 0.336 e. The standard InChI is InChI=1S/C28H24BrClN2O6/c1-15-5-6-17(9-16(15)2)14-38-23-8-7-19(29)10-18(23)11-20-26(33)31-28(35)32(27(20)34)22-13-24(36-3)21(30)12-25(22)37-4/h5-13H,14H2,1-4H3,(H,31,33,35)/b20-11+. The normalized spacial score (nSPS) is 14.5. The van der Waals surface area contributed by atoms with Gasteiger partial charge >= 0.3 is 6.03 Å². The van der Waals surface area contributed by atoms with Gasteiger partial charge in [-0.3, -0.25) is 14.9 Å². The number of aryl methyl sites for hydroxylation is 2. The zero-order valence-corrected chi connectivity index (χ0v) is 23.4. The summed E-state index contributed by atoms with van der Waals surface area (Å²) in [6.07, 6.45) is 1.39. The first kappa shape index (κ1) is 27.2. The molecule has 4 rings (SSSR count). The monoisotopic (exact) mass is 598 g/mol. The van der Waals surface area contributed by atoms with E-state index in [2.05, 4.69) is 21.2 Å². The minimum Gasteiger partial charge on any atom is -0.495 e. The van der Waals surface area contributed by atoms with Gasteiger partial charge in [0.15, 0.2) is 0 Å². The quantitative estimate of drug-likeness (QED) is 0.265. The molecule has 0 atom stereocenters. The molecule has 8 nitrogen and oxygen atoms in total. The number of rotatable bonds is 7. The Bertz CT molecular complexity index is 1490. The van der Waals surface area contributed by atoms with Crippen molar-refractivity contribution in [1.29, 1.82) is 0 Å². The van der Waals surface area contributed by atoms with Gasteiger partial charge in [-0.1, -0.05) is 45.7 Å². The first-order valence-electron chi connectivity index (χ1n) is 11.4. The molecule has 1 aliphatic heterocycles. The van der Waals surface area contributed by atoms with Crippen LogP contribution in [0.2, 0.25) is 5.02 Å². The third kappa shape index (κ3) is 5.54. The lowest BCUT2D eigenvalue weighted by molar-refractivity contribution is -0.122. The van der Waals surface area contributed by atoms with Gasteiger partial charge in [0.25, 0.3) is 11.8 Å². The number of hydrogen-bond acceptors (Lipinski definition) is 6. The number of barbiturate groups is 1. The van der Waals surface area contributed by atoms with Crippen molar-refractivity contribution in [3.63, 3.8) is 0 Å². The summed E-state index contributed by atoms with van der Waals surface area (Å²) in [5, 5.41) is 2.44. The van der Waals surface area contributed by atoms with Crippen LogP contribution in [0, 0.1) is 13.8 Å². The van der Waals surface area contributed by atoms with Crippen molar-refractivity contribution in [2.45, 2.75) is 20.5 Å². The molecule has 0 aromatic heterocycles. The van der Waals surface area contributed by atoms with Crippen molar-refractivity contribution in [2.75, 3.05) is 19.1 Å². The van der Waals surface area contributed by atoms with Crippen molar-refractivity contribution in [3.05, 3.63) is 85.9 Å². The maximum atomic E-state index is 13.5. The first-order valence-corrected chi connectivity index (χ1v) is 12.6. The number of amides is 4. The minimum absolute atomic E-state index is 0.0649. The number of methoxy groups -OCH3 is 2. The van der Waals surface area contributed by atoms with Crippen LogP contribution in [-0.4, -0.2) is 32.1 Å². The molecule has 1 N–H and O–H groups in total. The van der Waals surface area contributed by atoms with E-state index in [-0.39, 0.29) is 34.4 Å². The van der Waals surface area contributed by atoms with Crippen LogP contribution in [0.4, 0.5) is 10.5 Å². The highest BCUT2D eigenvalue weighted by Crippen LogP contribution is 2.39. The predicted octanol–water partition coefficient (Wildman–Crippen LogP) is 5.98. The number of nitrogens with zero attached hydrogens (tertiary/aromatic N) is 1. The molecule has 0 saturated carbocycles. The highest BCUT2D eigenvalue weighted by Gasteiger charge is 2.39. The molecule has 3 aromatic rings. The van der Waals surface area contributed by atoms with Crippen LogP contribution >= 0.6 is 27.5 Å². The zero-order valence-electron chi connectivity index (χ0n) is 21.1. The Morgan fingerprint density at radius 1 is 0.921 bits per heavy atom. The lowest BCUT2D eigenvalue weighted by Crippen LogP contribution is -2.54. The van der Waals surface area contributed by atoms with Crippen LogP contribution in [0.15, 0.2) is 58.6 Å². The van der Waals surface area contributed by atoms with Crippen LogP contribution in [0.1, 0.15) is 22.3 Å². The summed E-state index contributed by atoms with van der Waals surface area (Å²) in [6, 6.07) is 13.2. The lowest BCUT2D eigenvalue weighted by Gasteiger charge is -2.28. The summed E-state index contributed by atoms with van der Waals surface area (Å²) in [6.45, 7) is 4.35. The van der Waals surface area contributed by atoms with Crippen molar-refractivity contribution in [1.82, 2.24) is 5.32 Å². The van der Waals surface area contributed by atoms with E-state index in [1.54, 1.807) is 18.2 Å². The number of halogens is 2. The van der Waals surface area contributed by atoms with E-state index in [1.807, 2.05) is 32.0 Å². The van der Waals surface area contributed by atoms with E-state index in [0.29, 0.717) is 15.8 Å². The van der Waals surface area contributed by atoms with Gasteiger partial charge in [0, 0.05) is 22.2 Å². The molecule has 1 saturated heterocycles. The number of anilines is 1. The average Bonchev–Trinajstić information content (AvgIpc) is 2.88. The molecule has 38 heavy (non-hydrogen) atoms. The van der Waals surface area contributed by atoms with Crippen LogP contribution in [-0.2, 0) is 16.2 Å². The molecule has 0 aliphatic carbocycles. The summed E-state index contributed by atoms with van der Waals surface area (Å²) in [7, 11) is 2.77. The number of carbonyl (C=O) groups is 3. The molecule has 3 aromatic carbocycles. The Labute approximate surface area is 233 Å². The fourth-order valence-electron chi connectivity index (χ4n) is 3.87. The summed E-state index contributed by atoms with van der Waals surface area (Å²) >= 11 is 9.61. The van der Waals surface area contributed by atoms with Crippen LogP contribution in [0.25, 0.3) is 6.08 Å². The molecular formula is C28H24BrClN2O6. The molecule has 1 fully saturated rings. The maximum absolute atomic E-state index is 13.5. The second-order valence-electron chi connectivity index (χ2n) is 8.51. The van der Waals surface area contributed by atoms with Gasteiger partial charge in [0.2, 0.25) is 0 Å². The van der Waals surface area contributed by atoms with E-state index in [0.717, 1.165) is 16.0 Å². The molecule has 0 radical (unpaired) electrons.